The molecule has 8 nitrogen and oxygen atoms in total. The van der Waals surface area contributed by atoms with Crippen molar-refractivity contribution in [1.82, 2.24) is 14.9 Å². The van der Waals surface area contributed by atoms with Crippen LogP contribution in [0.2, 0.25) is 0 Å². The Kier molecular flexibility index (Phi) is 4.63. The molecule has 1 fully saturated rings. The van der Waals surface area contributed by atoms with Gasteiger partial charge in [0.15, 0.2) is 6.10 Å². The van der Waals surface area contributed by atoms with E-state index in [2.05, 4.69) is 9.97 Å². The van der Waals surface area contributed by atoms with Gasteiger partial charge in [-0.15, -0.1) is 11.8 Å². The number of hydrogen-bond acceptors (Lipinski definition) is 6. The number of carboxylic acids is 1. The van der Waals surface area contributed by atoms with Crippen molar-refractivity contribution in [3.63, 3.8) is 0 Å². The van der Waals surface area contributed by atoms with E-state index in [1.807, 2.05) is 0 Å². The molecule has 0 saturated carbocycles. The first-order valence-corrected chi connectivity index (χ1v) is 7.45. The maximum absolute atomic E-state index is 12.6. The molecule has 2 heterocycles. The van der Waals surface area contributed by atoms with Crippen LogP contribution in [-0.4, -0.2) is 63.9 Å². The number of nitrogens with zero attached hydrogens (tertiary/aromatic N) is 2. The summed E-state index contributed by atoms with van der Waals surface area (Å²) < 4.78 is 5.09. The molecule has 21 heavy (non-hydrogen) atoms. The molecule has 1 saturated heterocycles. The highest BCUT2D eigenvalue weighted by Crippen LogP contribution is 2.21. The van der Waals surface area contributed by atoms with Crippen LogP contribution in [0.4, 0.5) is 0 Å². The number of carboxylic acid groups (broad SMARTS) is 1. The summed E-state index contributed by atoms with van der Waals surface area (Å²) in [5, 5.41) is 9.31. The number of hydrogen-bond donors (Lipinski definition) is 2. The van der Waals surface area contributed by atoms with E-state index in [1.54, 1.807) is 13.2 Å². The summed E-state index contributed by atoms with van der Waals surface area (Å²) in [4.78, 5) is 42.6. The molecule has 1 amide bonds. The summed E-state index contributed by atoms with van der Waals surface area (Å²) in [6.07, 6.45) is 0.689. The van der Waals surface area contributed by atoms with Gasteiger partial charge in [0.25, 0.3) is 5.91 Å². The monoisotopic (exact) mass is 313 g/mol. The Hall–Kier alpha value is -1.87. The van der Waals surface area contributed by atoms with Crippen LogP contribution in [-0.2, 0) is 9.53 Å². The standard InChI is InChI=1S/C12H15N3O5S/c1-6-8(9(21-2)14-12(19)13-6)10(16)15-3-4-20-7(5-15)11(17)18/h7H,3-5H2,1-2H3,(H,17,18)(H,13,14,19). The fourth-order valence-electron chi connectivity index (χ4n) is 2.10. The minimum Gasteiger partial charge on any atom is -0.479 e. The van der Waals surface area contributed by atoms with Crippen LogP contribution in [0.5, 0.6) is 0 Å². The highest BCUT2D eigenvalue weighted by atomic mass is 32.2. The summed E-state index contributed by atoms with van der Waals surface area (Å²) in [7, 11) is 0. The van der Waals surface area contributed by atoms with Crippen molar-refractivity contribution in [3.05, 3.63) is 21.7 Å². The van der Waals surface area contributed by atoms with Crippen LogP contribution >= 0.6 is 11.8 Å². The lowest BCUT2D eigenvalue weighted by Crippen LogP contribution is -2.49. The summed E-state index contributed by atoms with van der Waals surface area (Å²) in [6, 6.07) is 0. The number of ether oxygens (including phenoxy) is 1. The third-order valence-corrected chi connectivity index (χ3v) is 3.80. The first kappa shape index (κ1) is 15.5. The molecule has 2 rings (SSSR count). The van der Waals surface area contributed by atoms with Crippen LogP contribution in [0.25, 0.3) is 0 Å². The van der Waals surface area contributed by atoms with E-state index in [0.29, 0.717) is 22.8 Å². The van der Waals surface area contributed by atoms with Gasteiger partial charge in [0.05, 0.1) is 18.7 Å². The predicted octanol–water partition coefficient (Wildman–Crippen LogP) is -0.274. The molecule has 1 aromatic rings. The lowest BCUT2D eigenvalue weighted by Gasteiger charge is -2.31. The number of rotatable bonds is 3. The molecule has 1 aliphatic rings. The first-order chi connectivity index (χ1) is 9.93. The van der Waals surface area contributed by atoms with E-state index in [0.717, 1.165) is 0 Å². The SMILES string of the molecule is CSc1nc(=O)[nH]c(C)c1C(=O)N1CCOC(C(=O)O)C1. The number of aromatic amines is 1. The third-order valence-electron chi connectivity index (χ3n) is 3.12. The number of nitrogens with one attached hydrogen (secondary N) is 1. The Balaban J connectivity index is 2.32. The zero-order chi connectivity index (χ0) is 15.6. The van der Waals surface area contributed by atoms with E-state index in [-0.39, 0.29) is 19.1 Å². The van der Waals surface area contributed by atoms with Gasteiger partial charge in [-0.1, -0.05) is 0 Å². The smallest absolute Gasteiger partial charge is 0.346 e. The van der Waals surface area contributed by atoms with E-state index in [4.69, 9.17) is 9.84 Å². The second-order valence-corrected chi connectivity index (χ2v) is 5.30. The second kappa shape index (κ2) is 6.27. The first-order valence-electron chi connectivity index (χ1n) is 6.22. The third kappa shape index (κ3) is 3.24. The molecular weight excluding hydrogens is 298 g/mol. The molecule has 0 radical (unpaired) electrons. The molecular formula is C12H15N3O5S. The van der Waals surface area contributed by atoms with Crippen LogP contribution in [0.1, 0.15) is 16.1 Å². The average Bonchev–Trinajstić information content (AvgIpc) is 2.45. The molecule has 1 unspecified atom stereocenters. The molecule has 0 aromatic carbocycles. The lowest BCUT2D eigenvalue weighted by molar-refractivity contribution is -0.154. The Bertz CT molecular complexity index is 630. The number of aromatic nitrogens is 2. The fraction of sp³-hybridized carbons (Fsp3) is 0.500. The number of amides is 1. The Morgan fingerprint density at radius 2 is 2.24 bits per heavy atom. The second-order valence-electron chi connectivity index (χ2n) is 4.50. The molecule has 1 aromatic heterocycles. The number of carbonyl (C=O) groups excluding carboxylic acids is 1. The zero-order valence-electron chi connectivity index (χ0n) is 11.6. The van der Waals surface area contributed by atoms with Crippen molar-refractivity contribution < 1.29 is 19.4 Å². The summed E-state index contributed by atoms with van der Waals surface area (Å²) in [5.41, 5.74) is 0.203. The van der Waals surface area contributed by atoms with E-state index < -0.39 is 17.8 Å². The van der Waals surface area contributed by atoms with Crippen LogP contribution < -0.4 is 5.69 Å². The summed E-state index contributed by atoms with van der Waals surface area (Å²) >= 11 is 1.20. The van der Waals surface area contributed by atoms with E-state index in [9.17, 15) is 14.4 Å². The topological polar surface area (TPSA) is 113 Å². The number of thioether (sulfide) groups is 1. The van der Waals surface area contributed by atoms with Crippen molar-refractivity contribution >= 4 is 23.6 Å². The summed E-state index contributed by atoms with van der Waals surface area (Å²) in [5.74, 6) is -1.45. The van der Waals surface area contributed by atoms with Gasteiger partial charge in [-0.25, -0.2) is 9.59 Å². The average molecular weight is 313 g/mol. The van der Waals surface area contributed by atoms with Gasteiger partial charge in [-0.05, 0) is 13.2 Å². The van der Waals surface area contributed by atoms with E-state index >= 15 is 0 Å². The lowest BCUT2D eigenvalue weighted by atomic mass is 10.2. The highest BCUT2D eigenvalue weighted by molar-refractivity contribution is 7.98. The van der Waals surface area contributed by atoms with E-state index in [1.165, 1.54) is 16.7 Å². The molecule has 114 valence electrons. The van der Waals surface area contributed by atoms with Gasteiger partial charge in [-0.3, -0.25) is 4.79 Å². The number of aliphatic carboxylic acids is 1. The van der Waals surface area contributed by atoms with Gasteiger partial charge < -0.3 is 19.7 Å². The molecule has 9 heteroatoms. The maximum atomic E-state index is 12.6. The van der Waals surface area contributed by atoms with Crippen LogP contribution in [0, 0.1) is 6.92 Å². The van der Waals surface area contributed by atoms with Crippen molar-refractivity contribution in [3.8, 4) is 0 Å². The number of aryl methyl sites for hydroxylation is 1. The minimum atomic E-state index is -1.10. The van der Waals surface area contributed by atoms with Crippen molar-refractivity contribution in [1.29, 1.82) is 0 Å². The molecule has 0 aliphatic carbocycles. The quantitative estimate of drug-likeness (QED) is 0.583. The largest absolute Gasteiger partial charge is 0.479 e. The van der Waals surface area contributed by atoms with Crippen molar-refractivity contribution in [2.45, 2.75) is 18.1 Å². The molecule has 1 aliphatic heterocycles. The van der Waals surface area contributed by atoms with Gasteiger partial charge >= 0.3 is 11.7 Å². The Labute approximate surface area is 124 Å². The fourth-order valence-corrected chi connectivity index (χ4v) is 2.72. The van der Waals surface area contributed by atoms with Gasteiger partial charge in [0.1, 0.15) is 5.03 Å². The maximum Gasteiger partial charge on any atom is 0.346 e. The normalized spacial score (nSPS) is 18.6. The minimum absolute atomic E-state index is 0.0272. The van der Waals surface area contributed by atoms with Gasteiger partial charge in [0.2, 0.25) is 0 Å². The molecule has 1 atom stereocenters. The van der Waals surface area contributed by atoms with Crippen molar-refractivity contribution in [2.75, 3.05) is 26.0 Å². The number of carbonyl (C=O) groups is 2. The number of H-pyrrole nitrogens is 1. The van der Waals surface area contributed by atoms with Crippen LogP contribution in [0.3, 0.4) is 0 Å². The Morgan fingerprint density at radius 3 is 2.86 bits per heavy atom. The predicted molar refractivity (Wildman–Crippen MR) is 74.7 cm³/mol. The van der Waals surface area contributed by atoms with Gasteiger partial charge in [-0.2, -0.15) is 4.98 Å². The molecule has 0 bridgehead atoms. The zero-order valence-corrected chi connectivity index (χ0v) is 12.4. The highest BCUT2D eigenvalue weighted by Gasteiger charge is 2.31. The van der Waals surface area contributed by atoms with Crippen molar-refractivity contribution in [2.24, 2.45) is 0 Å². The summed E-state index contributed by atoms with van der Waals surface area (Å²) in [6.45, 7) is 2.05. The van der Waals surface area contributed by atoms with Crippen LogP contribution in [0.15, 0.2) is 9.82 Å². The molecule has 0 spiro atoms. The number of morpholine rings is 1. The molecule has 2 N–H and O–H groups in total. The Morgan fingerprint density at radius 1 is 1.52 bits per heavy atom. The van der Waals surface area contributed by atoms with Gasteiger partial charge in [0, 0.05) is 12.2 Å².